The van der Waals surface area contributed by atoms with Crippen LogP contribution in [0.25, 0.3) is 0 Å². The maximum Gasteiger partial charge on any atom is 0.310 e. The van der Waals surface area contributed by atoms with Gasteiger partial charge in [-0.3, -0.25) is 9.69 Å². The quantitative estimate of drug-likeness (QED) is 0.790. The molecule has 2 fully saturated rings. The van der Waals surface area contributed by atoms with Crippen LogP contribution < -0.4 is 0 Å². The van der Waals surface area contributed by atoms with Crippen molar-refractivity contribution in [1.29, 1.82) is 0 Å². The highest BCUT2D eigenvalue weighted by Gasteiger charge is 2.42. The number of hydrogen-bond donors (Lipinski definition) is 1. The van der Waals surface area contributed by atoms with Gasteiger partial charge in [-0.05, 0) is 39.2 Å². The molecule has 4 nitrogen and oxygen atoms in total. The lowest BCUT2D eigenvalue weighted by Crippen LogP contribution is -2.55. The number of methoxy groups -OCH3 is 1. The lowest BCUT2D eigenvalue weighted by atomic mass is 9.78. The third kappa shape index (κ3) is 2.09. The van der Waals surface area contributed by atoms with Crippen LogP contribution in [0.3, 0.4) is 0 Å². The predicted octanol–water partition coefficient (Wildman–Crippen LogP) is 1.35. The molecule has 0 aromatic heterocycles. The highest BCUT2D eigenvalue weighted by Crippen LogP contribution is 2.36. The van der Waals surface area contributed by atoms with E-state index in [1.165, 1.54) is 0 Å². The van der Waals surface area contributed by atoms with Gasteiger partial charge in [-0.2, -0.15) is 0 Å². The molecule has 0 spiro atoms. The van der Waals surface area contributed by atoms with Gasteiger partial charge < -0.3 is 9.84 Å². The van der Waals surface area contributed by atoms with Crippen LogP contribution in [0.15, 0.2) is 0 Å². The van der Waals surface area contributed by atoms with Gasteiger partial charge in [-0.25, -0.2) is 0 Å². The van der Waals surface area contributed by atoms with E-state index < -0.39 is 11.4 Å². The fourth-order valence-corrected chi connectivity index (χ4v) is 2.79. The molecule has 2 rings (SSSR count). The summed E-state index contributed by atoms with van der Waals surface area (Å²) in [6.07, 6.45) is 4.32. The molecule has 0 aromatic carbocycles. The van der Waals surface area contributed by atoms with Crippen molar-refractivity contribution in [2.75, 3.05) is 20.2 Å². The third-order valence-electron chi connectivity index (χ3n) is 4.16. The van der Waals surface area contributed by atoms with Gasteiger partial charge in [0.05, 0.1) is 11.5 Å². The number of ether oxygens (including phenoxy) is 1. The van der Waals surface area contributed by atoms with Crippen molar-refractivity contribution < 1.29 is 14.6 Å². The Morgan fingerprint density at radius 2 is 2.19 bits per heavy atom. The maximum atomic E-state index is 11.2. The van der Waals surface area contributed by atoms with Gasteiger partial charge >= 0.3 is 5.97 Å². The molecule has 4 heteroatoms. The molecule has 0 amide bonds. The van der Waals surface area contributed by atoms with Crippen molar-refractivity contribution in [1.82, 2.24) is 4.90 Å². The standard InChI is InChI=1S/C12H21NO3/c1-12(11(14)15)4-3-5-13(8-12)9-6-10(7-9)16-2/h9-10H,3-8H2,1-2H3,(H,14,15). The van der Waals surface area contributed by atoms with Crippen molar-refractivity contribution in [2.45, 2.75) is 44.8 Å². The Balaban J connectivity index is 1.90. The van der Waals surface area contributed by atoms with Crippen LogP contribution in [0.1, 0.15) is 32.6 Å². The molecule has 1 unspecified atom stereocenters. The van der Waals surface area contributed by atoms with E-state index in [1.54, 1.807) is 7.11 Å². The van der Waals surface area contributed by atoms with E-state index >= 15 is 0 Å². The molecule has 1 atom stereocenters. The summed E-state index contributed by atoms with van der Waals surface area (Å²) >= 11 is 0. The smallest absolute Gasteiger partial charge is 0.310 e. The predicted molar refractivity (Wildman–Crippen MR) is 60.4 cm³/mol. The van der Waals surface area contributed by atoms with Crippen molar-refractivity contribution in [3.63, 3.8) is 0 Å². The first kappa shape index (κ1) is 11.9. The number of piperidine rings is 1. The Labute approximate surface area is 96.6 Å². The van der Waals surface area contributed by atoms with Gasteiger partial charge in [0, 0.05) is 19.7 Å². The Kier molecular flexibility index (Phi) is 3.22. The molecule has 2 aliphatic rings. The molecule has 1 saturated heterocycles. The van der Waals surface area contributed by atoms with Crippen LogP contribution in [-0.4, -0.2) is 48.3 Å². The second kappa shape index (κ2) is 4.34. The maximum absolute atomic E-state index is 11.2. The largest absolute Gasteiger partial charge is 0.481 e. The minimum Gasteiger partial charge on any atom is -0.481 e. The van der Waals surface area contributed by atoms with E-state index in [0.29, 0.717) is 18.7 Å². The molecule has 1 aliphatic heterocycles. The molecule has 0 aromatic rings. The SMILES string of the molecule is COC1CC(N2CCCC(C)(C(=O)O)C2)C1. The summed E-state index contributed by atoms with van der Waals surface area (Å²) in [5.41, 5.74) is -0.545. The van der Waals surface area contributed by atoms with E-state index in [9.17, 15) is 9.90 Å². The number of likely N-dealkylation sites (tertiary alicyclic amines) is 1. The lowest BCUT2D eigenvalue weighted by molar-refractivity contribution is -0.153. The normalized spacial score (nSPS) is 40.4. The highest BCUT2D eigenvalue weighted by molar-refractivity contribution is 5.74. The second-order valence-corrected chi connectivity index (χ2v) is 5.42. The van der Waals surface area contributed by atoms with Crippen LogP contribution >= 0.6 is 0 Å². The van der Waals surface area contributed by atoms with Crippen molar-refractivity contribution in [3.05, 3.63) is 0 Å². The number of carboxylic acids is 1. The van der Waals surface area contributed by atoms with Gasteiger partial charge in [0.25, 0.3) is 0 Å². The zero-order chi connectivity index (χ0) is 11.8. The van der Waals surface area contributed by atoms with Crippen LogP contribution in [0.4, 0.5) is 0 Å². The first-order valence-corrected chi connectivity index (χ1v) is 6.05. The number of carboxylic acid groups (broad SMARTS) is 1. The molecule has 0 radical (unpaired) electrons. The van der Waals surface area contributed by atoms with Gasteiger partial charge in [0.1, 0.15) is 0 Å². The van der Waals surface area contributed by atoms with Gasteiger partial charge in [-0.15, -0.1) is 0 Å². The average molecular weight is 227 g/mol. The molecule has 1 N–H and O–H groups in total. The minimum absolute atomic E-state index is 0.392. The van der Waals surface area contributed by atoms with Crippen LogP contribution in [0, 0.1) is 5.41 Å². The number of hydrogen-bond acceptors (Lipinski definition) is 3. The second-order valence-electron chi connectivity index (χ2n) is 5.42. The average Bonchev–Trinajstić information content (AvgIpc) is 2.16. The summed E-state index contributed by atoms with van der Waals surface area (Å²) in [5.74, 6) is -0.653. The number of aliphatic carboxylic acids is 1. The Morgan fingerprint density at radius 3 is 2.75 bits per heavy atom. The minimum atomic E-state index is -0.653. The van der Waals surface area contributed by atoms with Gasteiger partial charge in [-0.1, -0.05) is 0 Å². The Morgan fingerprint density at radius 1 is 1.50 bits per heavy atom. The fraction of sp³-hybridized carbons (Fsp3) is 0.917. The molecular formula is C12H21NO3. The van der Waals surface area contributed by atoms with Crippen LogP contribution in [0.2, 0.25) is 0 Å². The van der Waals surface area contributed by atoms with Gasteiger partial charge in [0.2, 0.25) is 0 Å². The molecule has 0 bridgehead atoms. The first-order chi connectivity index (χ1) is 7.55. The summed E-state index contributed by atoms with van der Waals surface area (Å²) in [5, 5.41) is 9.23. The molecular weight excluding hydrogens is 206 g/mol. The molecule has 92 valence electrons. The zero-order valence-electron chi connectivity index (χ0n) is 10.1. The van der Waals surface area contributed by atoms with E-state index in [0.717, 1.165) is 32.2 Å². The van der Waals surface area contributed by atoms with Gasteiger partial charge in [0.15, 0.2) is 0 Å². The molecule has 16 heavy (non-hydrogen) atoms. The topological polar surface area (TPSA) is 49.8 Å². The molecule has 1 heterocycles. The first-order valence-electron chi connectivity index (χ1n) is 6.05. The summed E-state index contributed by atoms with van der Waals surface area (Å²) in [7, 11) is 1.75. The van der Waals surface area contributed by atoms with E-state index in [2.05, 4.69) is 4.90 Å². The lowest BCUT2D eigenvalue weighted by Gasteiger charge is -2.47. The summed E-state index contributed by atoms with van der Waals surface area (Å²) in [4.78, 5) is 13.6. The van der Waals surface area contributed by atoms with Crippen LogP contribution in [-0.2, 0) is 9.53 Å². The Bertz CT molecular complexity index is 275. The number of carbonyl (C=O) groups is 1. The molecule has 1 saturated carbocycles. The van der Waals surface area contributed by atoms with Crippen molar-refractivity contribution >= 4 is 5.97 Å². The summed E-state index contributed by atoms with van der Waals surface area (Å²) in [6, 6.07) is 0.545. The zero-order valence-corrected chi connectivity index (χ0v) is 10.1. The number of nitrogens with zero attached hydrogens (tertiary/aromatic N) is 1. The van der Waals surface area contributed by atoms with E-state index in [4.69, 9.17) is 4.74 Å². The summed E-state index contributed by atoms with van der Waals surface area (Å²) in [6.45, 7) is 3.61. The van der Waals surface area contributed by atoms with Crippen LogP contribution in [0.5, 0.6) is 0 Å². The van der Waals surface area contributed by atoms with E-state index in [-0.39, 0.29) is 0 Å². The summed E-state index contributed by atoms with van der Waals surface area (Å²) < 4.78 is 5.26. The third-order valence-corrected chi connectivity index (χ3v) is 4.16. The fourth-order valence-electron chi connectivity index (χ4n) is 2.79. The van der Waals surface area contributed by atoms with E-state index in [1.807, 2.05) is 6.92 Å². The monoisotopic (exact) mass is 227 g/mol. The highest BCUT2D eigenvalue weighted by atomic mass is 16.5. The number of rotatable bonds is 3. The molecule has 1 aliphatic carbocycles. The van der Waals surface area contributed by atoms with Crippen molar-refractivity contribution in [3.8, 4) is 0 Å². The van der Waals surface area contributed by atoms with Crippen molar-refractivity contribution in [2.24, 2.45) is 5.41 Å². The Hall–Kier alpha value is -0.610.